The number of hydrogen-bond acceptors (Lipinski definition) is 2. The van der Waals surface area contributed by atoms with Crippen molar-refractivity contribution in [2.24, 2.45) is 0 Å². The van der Waals surface area contributed by atoms with Crippen LogP contribution in [0.3, 0.4) is 0 Å². The highest BCUT2D eigenvalue weighted by Crippen LogP contribution is 2.22. The smallest absolute Gasteiger partial charge is 0.137 e. The van der Waals surface area contributed by atoms with Crippen LogP contribution in [0, 0.1) is 5.82 Å². The maximum atomic E-state index is 13.0. The lowest BCUT2D eigenvalue weighted by Crippen LogP contribution is -1.96. The van der Waals surface area contributed by atoms with Gasteiger partial charge in [0.05, 0.1) is 11.1 Å². The van der Waals surface area contributed by atoms with E-state index in [1.165, 1.54) is 6.07 Å². The fraction of sp³-hybridized carbons (Fsp3) is 0.143. The Kier molecular flexibility index (Phi) is 4.33. The molecule has 0 saturated carbocycles. The summed E-state index contributed by atoms with van der Waals surface area (Å²) in [6, 6.07) is 12.0. The van der Waals surface area contributed by atoms with Crippen LogP contribution in [0.1, 0.15) is 11.1 Å². The minimum Gasteiger partial charge on any atom is -0.489 e. The Hall–Kier alpha value is -1.39. The van der Waals surface area contributed by atoms with Gasteiger partial charge in [-0.15, -0.1) is 0 Å². The Morgan fingerprint density at radius 3 is 2.33 bits per heavy atom. The van der Waals surface area contributed by atoms with E-state index in [2.05, 4.69) is 15.9 Å². The molecule has 0 saturated heterocycles. The average molecular weight is 311 g/mol. The van der Waals surface area contributed by atoms with Crippen LogP contribution in [0.2, 0.25) is 0 Å². The molecule has 0 amide bonds. The largest absolute Gasteiger partial charge is 0.489 e. The maximum absolute atomic E-state index is 13.0. The molecule has 2 aromatic rings. The Balaban J connectivity index is 1.99. The molecule has 0 radical (unpaired) electrons. The number of benzene rings is 2. The zero-order valence-electron chi connectivity index (χ0n) is 9.57. The van der Waals surface area contributed by atoms with E-state index in [-0.39, 0.29) is 12.4 Å². The fourth-order valence-corrected chi connectivity index (χ4v) is 1.83. The summed E-state index contributed by atoms with van der Waals surface area (Å²) < 4.78 is 18.9. The van der Waals surface area contributed by atoms with E-state index < -0.39 is 0 Å². The molecule has 0 aromatic heterocycles. The van der Waals surface area contributed by atoms with E-state index in [4.69, 9.17) is 9.84 Å². The number of rotatable bonds is 4. The summed E-state index contributed by atoms with van der Waals surface area (Å²) in [7, 11) is 0. The highest BCUT2D eigenvalue weighted by molar-refractivity contribution is 9.10. The van der Waals surface area contributed by atoms with E-state index in [1.807, 2.05) is 24.3 Å². The minimum atomic E-state index is -0.311. The summed E-state index contributed by atoms with van der Waals surface area (Å²) >= 11 is 3.11. The normalized spacial score (nSPS) is 10.4. The molecule has 0 unspecified atom stereocenters. The van der Waals surface area contributed by atoms with Crippen molar-refractivity contribution in [1.82, 2.24) is 0 Å². The lowest BCUT2D eigenvalue weighted by Gasteiger charge is -2.07. The summed E-state index contributed by atoms with van der Waals surface area (Å²) in [6.45, 7) is 0.440. The monoisotopic (exact) mass is 310 g/mol. The second-order valence-electron chi connectivity index (χ2n) is 3.84. The molecule has 0 spiro atoms. The van der Waals surface area contributed by atoms with Crippen molar-refractivity contribution < 1.29 is 14.2 Å². The summed E-state index contributed by atoms with van der Waals surface area (Å²) in [5, 5.41) is 8.92. The van der Waals surface area contributed by atoms with Crippen LogP contribution in [-0.4, -0.2) is 5.11 Å². The molecule has 4 heteroatoms. The second kappa shape index (κ2) is 5.98. The van der Waals surface area contributed by atoms with E-state index >= 15 is 0 Å². The minimum absolute atomic E-state index is 0.0338. The van der Waals surface area contributed by atoms with Crippen LogP contribution >= 0.6 is 15.9 Å². The highest BCUT2D eigenvalue weighted by Gasteiger charge is 2.01. The van der Waals surface area contributed by atoms with Crippen LogP contribution in [0.5, 0.6) is 5.75 Å². The van der Waals surface area contributed by atoms with Gasteiger partial charge in [-0.1, -0.05) is 24.3 Å². The second-order valence-corrected chi connectivity index (χ2v) is 4.69. The molecule has 2 rings (SSSR count). The van der Waals surface area contributed by atoms with Crippen LogP contribution in [0.15, 0.2) is 46.9 Å². The zero-order chi connectivity index (χ0) is 13.0. The molecule has 2 nitrogen and oxygen atoms in total. The predicted octanol–water partition coefficient (Wildman–Crippen LogP) is 3.66. The first-order valence-corrected chi connectivity index (χ1v) is 6.25. The molecule has 94 valence electrons. The van der Waals surface area contributed by atoms with Gasteiger partial charge in [-0.25, -0.2) is 4.39 Å². The van der Waals surface area contributed by atoms with Gasteiger partial charge >= 0.3 is 0 Å². The average Bonchev–Trinajstić information content (AvgIpc) is 2.41. The number of aliphatic hydroxyl groups is 1. The Labute approximate surface area is 113 Å². The first kappa shape index (κ1) is 13.1. The van der Waals surface area contributed by atoms with Gasteiger partial charge in [-0.2, -0.15) is 0 Å². The predicted molar refractivity (Wildman–Crippen MR) is 70.8 cm³/mol. The van der Waals surface area contributed by atoms with Crippen molar-refractivity contribution in [3.8, 4) is 5.75 Å². The SMILES string of the molecule is OCc1ccc(COc2ccc(F)c(Br)c2)cc1. The van der Waals surface area contributed by atoms with Crippen LogP contribution in [0.25, 0.3) is 0 Å². The van der Waals surface area contributed by atoms with Gasteiger partial charge in [-0.3, -0.25) is 0 Å². The fourth-order valence-electron chi connectivity index (χ4n) is 1.47. The molecule has 0 aliphatic heterocycles. The lowest BCUT2D eigenvalue weighted by atomic mass is 10.1. The summed E-state index contributed by atoms with van der Waals surface area (Å²) in [4.78, 5) is 0. The van der Waals surface area contributed by atoms with Crippen molar-refractivity contribution in [1.29, 1.82) is 0 Å². The molecule has 1 N–H and O–H groups in total. The van der Waals surface area contributed by atoms with Gasteiger partial charge in [0.1, 0.15) is 18.2 Å². The van der Waals surface area contributed by atoms with E-state index in [9.17, 15) is 4.39 Å². The number of aliphatic hydroxyl groups excluding tert-OH is 1. The summed E-state index contributed by atoms with van der Waals surface area (Å²) in [5.74, 6) is 0.296. The maximum Gasteiger partial charge on any atom is 0.137 e. The molecule has 0 heterocycles. The van der Waals surface area contributed by atoms with E-state index in [0.29, 0.717) is 16.8 Å². The number of halogens is 2. The van der Waals surface area contributed by atoms with Crippen molar-refractivity contribution >= 4 is 15.9 Å². The van der Waals surface area contributed by atoms with Gasteiger partial charge in [0, 0.05) is 0 Å². The highest BCUT2D eigenvalue weighted by atomic mass is 79.9. The van der Waals surface area contributed by atoms with Crippen LogP contribution in [0.4, 0.5) is 4.39 Å². The Morgan fingerprint density at radius 1 is 1.06 bits per heavy atom. The molecule has 0 atom stereocenters. The third-order valence-corrected chi connectivity index (χ3v) is 3.11. The lowest BCUT2D eigenvalue weighted by molar-refractivity contribution is 0.281. The van der Waals surface area contributed by atoms with Crippen molar-refractivity contribution in [3.63, 3.8) is 0 Å². The van der Waals surface area contributed by atoms with Crippen molar-refractivity contribution in [2.75, 3.05) is 0 Å². The zero-order valence-corrected chi connectivity index (χ0v) is 11.2. The Morgan fingerprint density at radius 2 is 1.72 bits per heavy atom. The van der Waals surface area contributed by atoms with Gasteiger partial charge in [-0.05, 0) is 45.3 Å². The van der Waals surface area contributed by atoms with Crippen molar-refractivity contribution in [2.45, 2.75) is 13.2 Å². The number of hydrogen-bond donors (Lipinski definition) is 1. The van der Waals surface area contributed by atoms with Crippen LogP contribution < -0.4 is 4.74 Å². The standard InChI is InChI=1S/C14H12BrFO2/c15-13-7-12(5-6-14(13)16)18-9-11-3-1-10(8-17)2-4-11/h1-7,17H,8-9H2. The van der Waals surface area contributed by atoms with Crippen LogP contribution in [-0.2, 0) is 13.2 Å². The molecular weight excluding hydrogens is 299 g/mol. The number of ether oxygens (including phenoxy) is 1. The topological polar surface area (TPSA) is 29.5 Å². The molecule has 2 aromatic carbocycles. The first-order chi connectivity index (χ1) is 8.69. The Bertz CT molecular complexity index is 526. The van der Waals surface area contributed by atoms with Crippen molar-refractivity contribution in [3.05, 3.63) is 63.9 Å². The molecule has 0 bridgehead atoms. The van der Waals surface area contributed by atoms with E-state index in [1.54, 1.807) is 12.1 Å². The summed E-state index contributed by atoms with van der Waals surface area (Å²) in [5.41, 5.74) is 1.86. The van der Waals surface area contributed by atoms with Gasteiger partial charge < -0.3 is 9.84 Å². The third-order valence-electron chi connectivity index (χ3n) is 2.50. The molecule has 0 fully saturated rings. The summed E-state index contributed by atoms with van der Waals surface area (Å²) in [6.07, 6.45) is 0. The molecule has 18 heavy (non-hydrogen) atoms. The molecular formula is C14H12BrFO2. The molecule has 0 aliphatic rings. The van der Waals surface area contributed by atoms with Gasteiger partial charge in [0.2, 0.25) is 0 Å². The first-order valence-electron chi connectivity index (χ1n) is 5.45. The third kappa shape index (κ3) is 3.31. The van der Waals surface area contributed by atoms with Gasteiger partial charge in [0.15, 0.2) is 0 Å². The molecule has 0 aliphatic carbocycles. The van der Waals surface area contributed by atoms with E-state index in [0.717, 1.165) is 11.1 Å². The quantitative estimate of drug-likeness (QED) is 0.934. The van der Waals surface area contributed by atoms with Gasteiger partial charge in [0.25, 0.3) is 0 Å².